The summed E-state index contributed by atoms with van der Waals surface area (Å²) in [5, 5.41) is 0. The molecule has 0 aliphatic heterocycles. The third-order valence-electron chi connectivity index (χ3n) is 2.47. The van der Waals surface area contributed by atoms with Gasteiger partial charge in [-0.1, -0.05) is 6.07 Å². The highest BCUT2D eigenvalue weighted by Gasteiger charge is 2.21. The van der Waals surface area contributed by atoms with Crippen LogP contribution in [0.4, 0.5) is 0 Å². The van der Waals surface area contributed by atoms with E-state index in [2.05, 4.69) is 39.8 Å². The quantitative estimate of drug-likeness (QED) is 0.820. The second-order valence-electron chi connectivity index (χ2n) is 4.68. The highest BCUT2D eigenvalue weighted by atomic mass is 32.2. The lowest BCUT2D eigenvalue weighted by molar-refractivity contribution is 0.403. The van der Waals surface area contributed by atoms with Crippen molar-refractivity contribution in [3.8, 4) is 5.75 Å². The molecule has 90 valence electrons. The van der Waals surface area contributed by atoms with E-state index in [1.54, 1.807) is 18.9 Å². The van der Waals surface area contributed by atoms with Gasteiger partial charge in [-0.2, -0.15) is 0 Å². The lowest BCUT2D eigenvalue weighted by atomic mass is 10.1. The number of rotatable bonds is 4. The maximum atomic E-state index is 5.76. The van der Waals surface area contributed by atoms with Crippen molar-refractivity contribution in [3.63, 3.8) is 0 Å². The monoisotopic (exact) mass is 239 g/mol. The van der Waals surface area contributed by atoms with Gasteiger partial charge in [0.2, 0.25) is 0 Å². The Balaban J connectivity index is 3.12. The van der Waals surface area contributed by atoms with Crippen molar-refractivity contribution in [2.75, 3.05) is 13.7 Å². The van der Waals surface area contributed by atoms with Gasteiger partial charge in [0.1, 0.15) is 5.75 Å². The van der Waals surface area contributed by atoms with E-state index in [-0.39, 0.29) is 4.75 Å². The number of ether oxygens (including phenoxy) is 1. The normalized spacial score (nSPS) is 11.6. The molecule has 0 amide bonds. The average Bonchev–Trinajstić information content (AvgIpc) is 2.21. The van der Waals surface area contributed by atoms with Crippen LogP contribution in [0.25, 0.3) is 0 Å². The summed E-state index contributed by atoms with van der Waals surface area (Å²) in [7, 11) is 1.72. The number of hydrogen-bond donors (Lipinski definition) is 1. The lowest BCUT2D eigenvalue weighted by Crippen LogP contribution is -2.26. The van der Waals surface area contributed by atoms with Crippen LogP contribution in [0.1, 0.15) is 25.0 Å². The minimum atomic E-state index is 0.0350. The Morgan fingerprint density at radius 2 is 1.94 bits per heavy atom. The van der Waals surface area contributed by atoms with Gasteiger partial charge in [-0.05, 0) is 44.9 Å². The molecule has 0 bridgehead atoms. The van der Waals surface area contributed by atoms with Crippen molar-refractivity contribution >= 4 is 11.8 Å². The zero-order chi connectivity index (χ0) is 12.3. The fraction of sp³-hybridized carbons (Fsp3) is 0.538. The van der Waals surface area contributed by atoms with Crippen LogP contribution in [-0.2, 0) is 0 Å². The van der Waals surface area contributed by atoms with Gasteiger partial charge in [-0.25, -0.2) is 0 Å². The van der Waals surface area contributed by atoms with Gasteiger partial charge in [-0.15, -0.1) is 11.8 Å². The van der Waals surface area contributed by atoms with Crippen LogP contribution >= 0.6 is 11.8 Å². The molecule has 0 heterocycles. The minimum absolute atomic E-state index is 0.0350. The molecule has 0 spiro atoms. The summed E-state index contributed by atoms with van der Waals surface area (Å²) in [4.78, 5) is 1.20. The third kappa shape index (κ3) is 3.16. The van der Waals surface area contributed by atoms with Gasteiger partial charge >= 0.3 is 0 Å². The molecule has 3 heteroatoms. The van der Waals surface area contributed by atoms with E-state index in [4.69, 9.17) is 10.5 Å². The molecular weight excluding hydrogens is 218 g/mol. The first-order valence-electron chi connectivity index (χ1n) is 5.44. The Hall–Kier alpha value is -0.670. The SMILES string of the molecule is COc1cc(C)cc(C)c1SC(C)(C)CN. The average molecular weight is 239 g/mol. The van der Waals surface area contributed by atoms with E-state index in [9.17, 15) is 0 Å². The van der Waals surface area contributed by atoms with E-state index < -0.39 is 0 Å². The maximum Gasteiger partial charge on any atom is 0.132 e. The first-order valence-corrected chi connectivity index (χ1v) is 6.25. The Bertz CT molecular complexity index is 374. The molecule has 16 heavy (non-hydrogen) atoms. The maximum absolute atomic E-state index is 5.76. The molecule has 0 aromatic heterocycles. The first-order chi connectivity index (χ1) is 7.39. The first kappa shape index (κ1) is 13.4. The fourth-order valence-corrected chi connectivity index (χ4v) is 2.61. The van der Waals surface area contributed by atoms with Crippen LogP contribution in [0, 0.1) is 13.8 Å². The van der Waals surface area contributed by atoms with Crippen LogP contribution in [0.3, 0.4) is 0 Å². The third-order valence-corrected chi connectivity index (χ3v) is 3.92. The topological polar surface area (TPSA) is 35.2 Å². The summed E-state index contributed by atoms with van der Waals surface area (Å²) in [6.45, 7) is 9.14. The minimum Gasteiger partial charge on any atom is -0.496 e. The van der Waals surface area contributed by atoms with Crippen LogP contribution < -0.4 is 10.5 Å². The highest BCUT2D eigenvalue weighted by molar-refractivity contribution is 8.00. The van der Waals surface area contributed by atoms with Crippen molar-refractivity contribution in [2.45, 2.75) is 37.3 Å². The number of nitrogens with two attached hydrogens (primary N) is 1. The summed E-state index contributed by atoms with van der Waals surface area (Å²) in [5.41, 5.74) is 8.24. The standard InChI is InChI=1S/C13H21NOS/c1-9-6-10(2)12(11(7-9)15-5)16-13(3,4)8-14/h6-7H,8,14H2,1-5H3. The predicted octanol–water partition coefficient (Wildman–Crippen LogP) is 3.14. The largest absolute Gasteiger partial charge is 0.496 e. The van der Waals surface area contributed by atoms with Crippen molar-refractivity contribution in [2.24, 2.45) is 5.73 Å². The molecule has 1 aromatic rings. The number of aryl methyl sites for hydroxylation is 2. The second-order valence-corrected chi connectivity index (χ2v) is 6.40. The molecule has 0 radical (unpaired) electrons. The summed E-state index contributed by atoms with van der Waals surface area (Å²) >= 11 is 1.78. The number of hydrogen-bond acceptors (Lipinski definition) is 3. The van der Waals surface area contributed by atoms with E-state index in [1.165, 1.54) is 16.0 Å². The molecule has 0 aliphatic rings. The van der Waals surface area contributed by atoms with Gasteiger partial charge in [-0.3, -0.25) is 0 Å². The van der Waals surface area contributed by atoms with E-state index in [1.807, 2.05) is 0 Å². The van der Waals surface area contributed by atoms with Crippen molar-refractivity contribution in [1.82, 2.24) is 0 Å². The Kier molecular flexibility index (Phi) is 4.28. The molecule has 1 rings (SSSR count). The van der Waals surface area contributed by atoms with Gasteiger partial charge < -0.3 is 10.5 Å². The fourth-order valence-electron chi connectivity index (χ4n) is 1.52. The highest BCUT2D eigenvalue weighted by Crippen LogP contribution is 2.40. The summed E-state index contributed by atoms with van der Waals surface area (Å²) in [6.07, 6.45) is 0. The number of thioether (sulfide) groups is 1. The van der Waals surface area contributed by atoms with Crippen molar-refractivity contribution in [3.05, 3.63) is 23.3 Å². The molecular formula is C13H21NOS. The summed E-state index contributed by atoms with van der Waals surface area (Å²) in [5.74, 6) is 0.948. The molecule has 0 saturated heterocycles. The zero-order valence-corrected chi connectivity index (χ0v) is 11.6. The van der Waals surface area contributed by atoms with Crippen LogP contribution in [0.15, 0.2) is 17.0 Å². The molecule has 0 unspecified atom stereocenters. The van der Waals surface area contributed by atoms with Crippen LogP contribution in [0.5, 0.6) is 5.75 Å². The van der Waals surface area contributed by atoms with E-state index >= 15 is 0 Å². The van der Waals surface area contributed by atoms with Crippen molar-refractivity contribution in [1.29, 1.82) is 0 Å². The Morgan fingerprint density at radius 1 is 1.31 bits per heavy atom. The summed E-state index contributed by atoms with van der Waals surface area (Å²) in [6, 6.07) is 4.25. The second kappa shape index (κ2) is 5.11. The van der Waals surface area contributed by atoms with Gasteiger partial charge in [0.15, 0.2) is 0 Å². The molecule has 0 aliphatic carbocycles. The summed E-state index contributed by atoms with van der Waals surface area (Å²) < 4.78 is 5.47. The number of methoxy groups -OCH3 is 1. The van der Waals surface area contributed by atoms with Gasteiger partial charge in [0, 0.05) is 11.3 Å². The zero-order valence-electron chi connectivity index (χ0n) is 10.8. The smallest absolute Gasteiger partial charge is 0.132 e. The van der Waals surface area contributed by atoms with Gasteiger partial charge in [0.05, 0.1) is 12.0 Å². The molecule has 0 saturated carbocycles. The number of benzene rings is 1. The molecule has 2 N–H and O–H groups in total. The van der Waals surface area contributed by atoms with E-state index in [0.29, 0.717) is 6.54 Å². The lowest BCUT2D eigenvalue weighted by Gasteiger charge is -2.24. The van der Waals surface area contributed by atoms with E-state index in [0.717, 1.165) is 5.75 Å². The van der Waals surface area contributed by atoms with Crippen LogP contribution in [-0.4, -0.2) is 18.4 Å². The molecule has 2 nitrogen and oxygen atoms in total. The predicted molar refractivity (Wildman–Crippen MR) is 71.5 cm³/mol. The molecule has 1 aromatic carbocycles. The Labute approximate surface area is 103 Å². The van der Waals surface area contributed by atoms with Gasteiger partial charge in [0.25, 0.3) is 0 Å². The Morgan fingerprint density at radius 3 is 2.44 bits per heavy atom. The molecule has 0 fully saturated rings. The van der Waals surface area contributed by atoms with Crippen LogP contribution in [0.2, 0.25) is 0 Å². The molecule has 0 atom stereocenters. The van der Waals surface area contributed by atoms with Crippen molar-refractivity contribution < 1.29 is 4.74 Å².